The zero-order valence-corrected chi connectivity index (χ0v) is 16.6. The lowest BCUT2D eigenvalue weighted by Gasteiger charge is -2.04. The molecular weight excluding hydrogens is 396 g/mol. The highest BCUT2D eigenvalue weighted by molar-refractivity contribution is 7.18. The van der Waals surface area contributed by atoms with E-state index in [1.807, 2.05) is 42.5 Å². The topological polar surface area (TPSA) is 80.9 Å². The van der Waals surface area contributed by atoms with Gasteiger partial charge in [0.2, 0.25) is 0 Å². The van der Waals surface area contributed by atoms with Crippen molar-refractivity contribution in [2.24, 2.45) is 0 Å². The Bertz CT molecular complexity index is 1280. The Hall–Kier alpha value is -3.84. The van der Waals surface area contributed by atoms with Crippen molar-refractivity contribution in [1.82, 2.24) is 15.1 Å². The van der Waals surface area contributed by atoms with Gasteiger partial charge in [0.05, 0.1) is 15.2 Å². The number of nitrogens with one attached hydrogen (secondary N) is 1. The number of thiazole rings is 1. The number of hydrogen-bond acceptors (Lipinski definition) is 6. The molecule has 30 heavy (non-hydrogen) atoms. The van der Waals surface area contributed by atoms with Crippen molar-refractivity contribution in [3.8, 4) is 11.3 Å². The average Bonchev–Trinajstić information content (AvgIpc) is 3.43. The number of carbonyl (C=O) groups is 1. The monoisotopic (exact) mass is 412 g/mol. The highest BCUT2D eigenvalue weighted by atomic mass is 32.1. The van der Waals surface area contributed by atoms with E-state index in [2.05, 4.69) is 26.5 Å². The third-order valence-electron chi connectivity index (χ3n) is 4.61. The molecule has 0 saturated heterocycles. The highest BCUT2D eigenvalue weighted by Gasteiger charge is 2.14. The molecule has 5 rings (SSSR count). The quantitative estimate of drug-likeness (QED) is 0.430. The molecule has 0 fully saturated rings. The summed E-state index contributed by atoms with van der Waals surface area (Å²) in [6.07, 6.45) is 4.08. The Morgan fingerprint density at radius 2 is 1.80 bits per heavy atom. The van der Waals surface area contributed by atoms with E-state index in [4.69, 9.17) is 4.52 Å². The van der Waals surface area contributed by atoms with Gasteiger partial charge in [-0.25, -0.2) is 4.98 Å². The zero-order valence-electron chi connectivity index (χ0n) is 15.8. The van der Waals surface area contributed by atoms with Crippen molar-refractivity contribution in [3.63, 3.8) is 0 Å². The molecule has 6 nitrogen and oxygen atoms in total. The molecule has 0 aliphatic heterocycles. The Balaban J connectivity index is 1.25. The van der Waals surface area contributed by atoms with Gasteiger partial charge in [-0.2, -0.15) is 0 Å². The molecule has 2 aromatic carbocycles. The Kier molecular flexibility index (Phi) is 4.78. The zero-order chi connectivity index (χ0) is 20.3. The molecule has 1 amide bonds. The number of anilines is 1. The molecule has 0 atom stereocenters. The SMILES string of the molecule is O=C(Nc1ccc(Cc2nc3ccccc3s2)cc1)c1cc(-c2ccncc2)on1. The molecule has 5 aromatic rings. The van der Waals surface area contributed by atoms with Gasteiger partial charge in [0, 0.05) is 36.1 Å². The predicted octanol–water partition coefficient (Wildman–Crippen LogP) is 5.19. The molecule has 0 aliphatic rings. The first-order chi connectivity index (χ1) is 14.7. The number of hydrogen-bond donors (Lipinski definition) is 1. The number of aromatic nitrogens is 3. The average molecular weight is 412 g/mol. The lowest BCUT2D eigenvalue weighted by Crippen LogP contribution is -2.12. The fraction of sp³-hybridized carbons (Fsp3) is 0.0435. The number of para-hydroxylation sites is 1. The van der Waals surface area contributed by atoms with Crippen LogP contribution in [0.1, 0.15) is 21.1 Å². The van der Waals surface area contributed by atoms with Gasteiger partial charge >= 0.3 is 0 Å². The van der Waals surface area contributed by atoms with Crippen molar-refractivity contribution in [3.05, 3.63) is 95.4 Å². The number of nitrogens with zero attached hydrogens (tertiary/aromatic N) is 3. The van der Waals surface area contributed by atoms with Gasteiger partial charge in [-0.05, 0) is 42.0 Å². The van der Waals surface area contributed by atoms with Crippen LogP contribution in [0.3, 0.4) is 0 Å². The van der Waals surface area contributed by atoms with Crippen LogP contribution in [0.4, 0.5) is 5.69 Å². The number of rotatable bonds is 5. The molecule has 0 radical (unpaired) electrons. The number of pyridine rings is 1. The summed E-state index contributed by atoms with van der Waals surface area (Å²) in [5.41, 5.74) is 3.89. The highest BCUT2D eigenvalue weighted by Crippen LogP contribution is 2.24. The summed E-state index contributed by atoms with van der Waals surface area (Å²) in [6.45, 7) is 0. The molecule has 0 unspecified atom stereocenters. The number of benzene rings is 2. The van der Waals surface area contributed by atoms with Crippen LogP contribution < -0.4 is 5.32 Å². The van der Waals surface area contributed by atoms with E-state index in [0.29, 0.717) is 11.4 Å². The van der Waals surface area contributed by atoms with Crippen LogP contribution in [-0.4, -0.2) is 21.0 Å². The van der Waals surface area contributed by atoms with Crippen LogP contribution >= 0.6 is 11.3 Å². The Morgan fingerprint density at radius 1 is 1.00 bits per heavy atom. The first kappa shape index (κ1) is 18.2. The molecule has 146 valence electrons. The maximum atomic E-state index is 12.5. The van der Waals surface area contributed by atoms with E-state index in [1.54, 1.807) is 41.9 Å². The van der Waals surface area contributed by atoms with Gasteiger partial charge in [-0.3, -0.25) is 9.78 Å². The summed E-state index contributed by atoms with van der Waals surface area (Å²) in [7, 11) is 0. The predicted molar refractivity (Wildman–Crippen MR) is 117 cm³/mol. The van der Waals surface area contributed by atoms with Gasteiger partial charge in [0.1, 0.15) is 0 Å². The fourth-order valence-corrected chi connectivity index (χ4v) is 4.11. The summed E-state index contributed by atoms with van der Waals surface area (Å²) >= 11 is 1.70. The minimum Gasteiger partial charge on any atom is -0.355 e. The Labute approximate surface area is 176 Å². The normalized spacial score (nSPS) is 10.9. The van der Waals surface area contributed by atoms with E-state index in [9.17, 15) is 4.79 Å². The second-order valence-electron chi connectivity index (χ2n) is 6.72. The van der Waals surface area contributed by atoms with E-state index < -0.39 is 0 Å². The lowest BCUT2D eigenvalue weighted by atomic mass is 10.1. The second kappa shape index (κ2) is 7.88. The van der Waals surface area contributed by atoms with Crippen molar-refractivity contribution in [2.75, 3.05) is 5.32 Å². The minimum atomic E-state index is -0.321. The first-order valence-electron chi connectivity index (χ1n) is 9.36. The molecule has 3 heterocycles. The van der Waals surface area contributed by atoms with Crippen LogP contribution in [0, 0.1) is 0 Å². The number of carbonyl (C=O) groups excluding carboxylic acids is 1. The van der Waals surface area contributed by atoms with Crippen molar-refractivity contribution < 1.29 is 9.32 Å². The third-order valence-corrected chi connectivity index (χ3v) is 5.65. The maximum absolute atomic E-state index is 12.5. The standard InChI is InChI=1S/C23H16N4O2S/c28-23(19-14-20(29-27-19)16-9-11-24-12-10-16)25-17-7-5-15(6-8-17)13-22-26-18-3-1-2-4-21(18)30-22/h1-12,14H,13H2,(H,25,28). The van der Waals surface area contributed by atoms with Gasteiger partial charge in [-0.1, -0.05) is 29.4 Å². The molecule has 0 spiro atoms. The van der Waals surface area contributed by atoms with Crippen LogP contribution in [0.15, 0.2) is 83.6 Å². The summed E-state index contributed by atoms with van der Waals surface area (Å²) in [5, 5.41) is 7.79. The van der Waals surface area contributed by atoms with Crippen LogP contribution in [-0.2, 0) is 6.42 Å². The molecule has 0 bridgehead atoms. The van der Waals surface area contributed by atoms with Crippen molar-refractivity contribution in [1.29, 1.82) is 0 Å². The largest absolute Gasteiger partial charge is 0.355 e. The van der Waals surface area contributed by atoms with Gasteiger partial charge in [0.25, 0.3) is 5.91 Å². The molecule has 0 saturated carbocycles. The number of amides is 1. The third kappa shape index (κ3) is 3.83. The van der Waals surface area contributed by atoms with E-state index >= 15 is 0 Å². The van der Waals surface area contributed by atoms with E-state index in [0.717, 1.165) is 28.1 Å². The summed E-state index contributed by atoms with van der Waals surface area (Å²) in [5.74, 6) is 0.201. The van der Waals surface area contributed by atoms with Crippen LogP contribution in [0.2, 0.25) is 0 Å². The minimum absolute atomic E-state index is 0.223. The van der Waals surface area contributed by atoms with E-state index in [-0.39, 0.29) is 11.6 Å². The van der Waals surface area contributed by atoms with Gasteiger partial charge < -0.3 is 9.84 Å². The fourth-order valence-electron chi connectivity index (χ4n) is 3.11. The second-order valence-corrected chi connectivity index (χ2v) is 7.83. The molecule has 0 aliphatic carbocycles. The lowest BCUT2D eigenvalue weighted by molar-refractivity contribution is 0.101. The smallest absolute Gasteiger partial charge is 0.277 e. The molecular formula is C23H16N4O2S. The maximum Gasteiger partial charge on any atom is 0.277 e. The molecule has 3 aromatic heterocycles. The summed E-state index contributed by atoms with van der Waals surface area (Å²) in [4.78, 5) is 21.1. The van der Waals surface area contributed by atoms with Crippen LogP contribution in [0.25, 0.3) is 21.5 Å². The first-order valence-corrected chi connectivity index (χ1v) is 10.2. The summed E-state index contributed by atoms with van der Waals surface area (Å²) < 4.78 is 6.47. The van der Waals surface area contributed by atoms with Gasteiger partial charge in [0.15, 0.2) is 11.5 Å². The summed E-state index contributed by atoms with van der Waals surface area (Å²) in [6, 6.07) is 21.1. The molecule has 7 heteroatoms. The van der Waals surface area contributed by atoms with Crippen molar-refractivity contribution in [2.45, 2.75) is 6.42 Å². The Morgan fingerprint density at radius 3 is 2.60 bits per heavy atom. The molecule has 1 N–H and O–H groups in total. The number of fused-ring (bicyclic) bond motifs is 1. The van der Waals surface area contributed by atoms with Crippen LogP contribution in [0.5, 0.6) is 0 Å². The van der Waals surface area contributed by atoms with E-state index in [1.165, 1.54) is 4.70 Å². The van der Waals surface area contributed by atoms with Crippen molar-refractivity contribution >= 4 is 33.1 Å². The van der Waals surface area contributed by atoms with Gasteiger partial charge in [-0.15, -0.1) is 11.3 Å².